The van der Waals surface area contributed by atoms with E-state index < -0.39 is 0 Å². The molecule has 21 heavy (non-hydrogen) atoms. The monoisotopic (exact) mass is 306 g/mol. The molecule has 0 saturated carbocycles. The van der Waals surface area contributed by atoms with E-state index in [9.17, 15) is 4.79 Å². The van der Waals surface area contributed by atoms with Crippen LogP contribution in [0.25, 0.3) is 0 Å². The van der Waals surface area contributed by atoms with Gasteiger partial charge in [0.25, 0.3) is 0 Å². The maximum Gasteiger partial charge on any atom is 0.232 e. The molecule has 2 atom stereocenters. The maximum absolute atomic E-state index is 12.4. The molecule has 2 rings (SSSR count). The minimum Gasteiger partial charge on any atom is -0.338 e. The van der Waals surface area contributed by atoms with Crippen molar-refractivity contribution >= 4 is 17.7 Å². The van der Waals surface area contributed by atoms with Crippen molar-refractivity contribution in [2.45, 2.75) is 38.5 Å². The molecule has 1 aliphatic rings. The molecule has 1 amide bonds. The van der Waals surface area contributed by atoms with Crippen LogP contribution in [0.5, 0.6) is 0 Å². The molecule has 1 saturated heterocycles. The van der Waals surface area contributed by atoms with E-state index in [0.717, 1.165) is 25.1 Å². The standard InChI is InChI=1S/C17H26N2OS/c1-13-3-5-15(6-4-13)11-21-12-17(20)19-8-7-14(2)9-16(19)10-18/h3-6,14,16H,7-12,18H2,1-2H3. The normalized spacial score (nSPS) is 22.3. The SMILES string of the molecule is Cc1ccc(CSCC(=O)N2CCC(C)CC2CN)cc1. The number of amides is 1. The summed E-state index contributed by atoms with van der Waals surface area (Å²) in [5, 5.41) is 0. The number of carbonyl (C=O) groups excluding carboxylic acids is 1. The van der Waals surface area contributed by atoms with Gasteiger partial charge in [-0.05, 0) is 31.2 Å². The summed E-state index contributed by atoms with van der Waals surface area (Å²) in [7, 11) is 0. The molecular weight excluding hydrogens is 280 g/mol. The van der Waals surface area contributed by atoms with Crippen molar-refractivity contribution in [1.82, 2.24) is 4.90 Å². The minimum absolute atomic E-state index is 0.237. The summed E-state index contributed by atoms with van der Waals surface area (Å²) >= 11 is 1.70. The van der Waals surface area contributed by atoms with Crippen LogP contribution in [0.2, 0.25) is 0 Å². The lowest BCUT2D eigenvalue weighted by Gasteiger charge is -2.38. The lowest BCUT2D eigenvalue weighted by atomic mass is 9.92. The fraction of sp³-hybridized carbons (Fsp3) is 0.588. The third kappa shape index (κ3) is 4.75. The molecular formula is C17H26N2OS. The first-order valence-electron chi connectivity index (χ1n) is 7.73. The summed E-state index contributed by atoms with van der Waals surface area (Å²) in [4.78, 5) is 14.4. The number of carbonyl (C=O) groups is 1. The van der Waals surface area contributed by atoms with Crippen LogP contribution in [0.1, 0.15) is 30.9 Å². The quantitative estimate of drug-likeness (QED) is 0.910. The number of aryl methyl sites for hydroxylation is 1. The number of benzene rings is 1. The molecule has 0 radical (unpaired) electrons. The van der Waals surface area contributed by atoms with Crippen molar-refractivity contribution in [2.24, 2.45) is 11.7 Å². The first-order chi connectivity index (χ1) is 10.1. The Kier molecular flexibility index (Phi) is 6.12. The van der Waals surface area contributed by atoms with Gasteiger partial charge >= 0.3 is 0 Å². The van der Waals surface area contributed by atoms with E-state index >= 15 is 0 Å². The highest BCUT2D eigenvalue weighted by atomic mass is 32.2. The van der Waals surface area contributed by atoms with E-state index in [2.05, 4.69) is 38.1 Å². The Balaban J connectivity index is 1.79. The first kappa shape index (κ1) is 16.4. The molecule has 0 aromatic heterocycles. The largest absolute Gasteiger partial charge is 0.338 e. The Labute approximate surface area is 132 Å². The Bertz CT molecular complexity index is 460. The summed E-state index contributed by atoms with van der Waals surface area (Å²) in [5.74, 6) is 2.37. The van der Waals surface area contributed by atoms with Crippen LogP contribution < -0.4 is 5.73 Å². The fourth-order valence-electron chi connectivity index (χ4n) is 2.83. The summed E-state index contributed by atoms with van der Waals surface area (Å²) in [6.45, 7) is 5.78. The van der Waals surface area contributed by atoms with Crippen LogP contribution in [0, 0.1) is 12.8 Å². The zero-order valence-electron chi connectivity index (χ0n) is 13.0. The number of hydrogen-bond acceptors (Lipinski definition) is 3. The Morgan fingerprint density at radius 2 is 2.10 bits per heavy atom. The average Bonchev–Trinajstić information content (AvgIpc) is 2.49. The van der Waals surface area contributed by atoms with Gasteiger partial charge in [0.2, 0.25) is 5.91 Å². The minimum atomic E-state index is 0.237. The molecule has 1 aliphatic heterocycles. The van der Waals surface area contributed by atoms with Crippen molar-refractivity contribution < 1.29 is 4.79 Å². The third-order valence-corrected chi connectivity index (χ3v) is 5.17. The molecule has 1 aromatic rings. The van der Waals surface area contributed by atoms with Gasteiger partial charge in [0.05, 0.1) is 5.75 Å². The highest BCUT2D eigenvalue weighted by Gasteiger charge is 2.28. The van der Waals surface area contributed by atoms with Gasteiger partial charge in [0, 0.05) is 24.9 Å². The van der Waals surface area contributed by atoms with E-state index in [-0.39, 0.29) is 11.9 Å². The molecule has 0 spiro atoms. The predicted molar refractivity (Wildman–Crippen MR) is 90.3 cm³/mol. The van der Waals surface area contributed by atoms with Crippen LogP contribution in [0.4, 0.5) is 0 Å². The lowest BCUT2D eigenvalue weighted by Crippen LogP contribution is -2.49. The van der Waals surface area contributed by atoms with Crippen molar-refractivity contribution in [2.75, 3.05) is 18.8 Å². The first-order valence-corrected chi connectivity index (χ1v) is 8.88. The summed E-state index contributed by atoms with van der Waals surface area (Å²) in [6, 6.07) is 8.75. The van der Waals surface area contributed by atoms with Crippen molar-refractivity contribution in [3.05, 3.63) is 35.4 Å². The highest BCUT2D eigenvalue weighted by Crippen LogP contribution is 2.23. The maximum atomic E-state index is 12.4. The second kappa shape index (κ2) is 7.85. The van der Waals surface area contributed by atoms with E-state index in [4.69, 9.17) is 5.73 Å². The number of nitrogens with two attached hydrogens (primary N) is 1. The molecule has 1 heterocycles. The van der Waals surface area contributed by atoms with Crippen LogP contribution in [-0.2, 0) is 10.5 Å². The second-order valence-corrected chi connectivity index (χ2v) is 7.07. The van der Waals surface area contributed by atoms with Gasteiger partial charge in [-0.25, -0.2) is 0 Å². The summed E-state index contributed by atoms with van der Waals surface area (Å²) in [5.41, 5.74) is 8.38. The third-order valence-electron chi connectivity index (χ3n) is 4.19. The van der Waals surface area contributed by atoms with E-state index in [1.54, 1.807) is 11.8 Å². The van der Waals surface area contributed by atoms with E-state index in [0.29, 0.717) is 18.2 Å². The van der Waals surface area contributed by atoms with Gasteiger partial charge in [-0.1, -0.05) is 36.8 Å². The van der Waals surface area contributed by atoms with Gasteiger partial charge in [-0.3, -0.25) is 4.79 Å². The Morgan fingerprint density at radius 3 is 2.76 bits per heavy atom. The zero-order chi connectivity index (χ0) is 15.2. The molecule has 0 bridgehead atoms. The number of piperidine rings is 1. The van der Waals surface area contributed by atoms with Gasteiger partial charge in [0.1, 0.15) is 0 Å². The molecule has 116 valence electrons. The molecule has 2 unspecified atom stereocenters. The van der Waals surface area contributed by atoms with Crippen LogP contribution in [-0.4, -0.2) is 35.7 Å². The smallest absolute Gasteiger partial charge is 0.232 e. The summed E-state index contributed by atoms with van der Waals surface area (Å²) < 4.78 is 0. The van der Waals surface area contributed by atoms with E-state index in [1.807, 2.05) is 4.90 Å². The molecule has 1 fully saturated rings. The predicted octanol–water partition coefficient (Wildman–Crippen LogP) is 2.81. The van der Waals surface area contributed by atoms with Crippen LogP contribution in [0.15, 0.2) is 24.3 Å². The molecule has 4 heteroatoms. The molecule has 1 aromatic carbocycles. The lowest BCUT2D eigenvalue weighted by molar-refractivity contribution is -0.132. The van der Waals surface area contributed by atoms with Gasteiger partial charge < -0.3 is 10.6 Å². The number of likely N-dealkylation sites (tertiary alicyclic amines) is 1. The molecule has 0 aliphatic carbocycles. The second-order valence-electron chi connectivity index (χ2n) is 6.08. The zero-order valence-corrected chi connectivity index (χ0v) is 13.9. The average molecular weight is 306 g/mol. The molecule has 3 nitrogen and oxygen atoms in total. The van der Waals surface area contributed by atoms with Crippen LogP contribution >= 0.6 is 11.8 Å². The fourth-order valence-corrected chi connectivity index (χ4v) is 3.70. The number of thioether (sulfide) groups is 1. The topological polar surface area (TPSA) is 46.3 Å². The molecule has 2 N–H and O–H groups in total. The number of nitrogens with zero attached hydrogens (tertiary/aromatic N) is 1. The number of hydrogen-bond donors (Lipinski definition) is 1. The summed E-state index contributed by atoms with van der Waals surface area (Å²) in [6.07, 6.45) is 2.15. The Hall–Kier alpha value is -1.00. The van der Waals surface area contributed by atoms with Gasteiger partial charge in [-0.15, -0.1) is 11.8 Å². The highest BCUT2D eigenvalue weighted by molar-refractivity contribution is 7.99. The van der Waals surface area contributed by atoms with Gasteiger partial charge in [-0.2, -0.15) is 0 Å². The van der Waals surface area contributed by atoms with Crippen molar-refractivity contribution in [1.29, 1.82) is 0 Å². The number of rotatable bonds is 5. The van der Waals surface area contributed by atoms with Crippen molar-refractivity contribution in [3.8, 4) is 0 Å². The van der Waals surface area contributed by atoms with Crippen molar-refractivity contribution in [3.63, 3.8) is 0 Å². The van der Waals surface area contributed by atoms with E-state index in [1.165, 1.54) is 11.1 Å². The van der Waals surface area contributed by atoms with Gasteiger partial charge in [0.15, 0.2) is 0 Å². The Morgan fingerprint density at radius 1 is 1.38 bits per heavy atom. The van der Waals surface area contributed by atoms with Crippen LogP contribution in [0.3, 0.4) is 0 Å².